The van der Waals surface area contributed by atoms with E-state index < -0.39 is 0 Å². The number of carbonyl (C=O) groups is 1. The van der Waals surface area contributed by atoms with Gasteiger partial charge in [0.05, 0.1) is 0 Å². The van der Waals surface area contributed by atoms with Crippen LogP contribution in [0.25, 0.3) is 0 Å². The molecule has 0 bridgehead atoms. The van der Waals surface area contributed by atoms with Crippen LogP contribution in [-0.2, 0) is 4.79 Å². The van der Waals surface area contributed by atoms with E-state index in [1.165, 1.54) is 11.1 Å². The number of hydrogen-bond donors (Lipinski definition) is 2. The predicted octanol–water partition coefficient (Wildman–Crippen LogP) is 3.47. The highest BCUT2D eigenvalue weighted by atomic mass is 32.2. The van der Waals surface area contributed by atoms with Crippen LogP contribution in [0, 0.1) is 13.8 Å². The van der Waals surface area contributed by atoms with Crippen LogP contribution < -0.4 is 10.6 Å². The van der Waals surface area contributed by atoms with Crippen molar-refractivity contribution in [2.24, 2.45) is 0 Å². The smallest absolute Gasteiger partial charge is 0.238 e. The lowest BCUT2D eigenvalue weighted by atomic mass is 10.1. The molecule has 2 N–H and O–H groups in total. The fourth-order valence-electron chi connectivity index (χ4n) is 2.36. The molecule has 3 nitrogen and oxygen atoms in total. The summed E-state index contributed by atoms with van der Waals surface area (Å²) in [5.41, 5.74) is 3.47. The molecule has 0 aliphatic heterocycles. The third kappa shape index (κ3) is 5.12. The van der Waals surface area contributed by atoms with E-state index in [0.29, 0.717) is 6.54 Å². The Labute approximate surface area is 142 Å². The summed E-state index contributed by atoms with van der Waals surface area (Å²) in [5.74, 6) is 0.0522. The minimum absolute atomic E-state index is 0.0522. The van der Waals surface area contributed by atoms with Crippen LogP contribution >= 0.6 is 11.8 Å². The molecule has 1 amide bonds. The fourth-order valence-corrected chi connectivity index (χ4v) is 3.49. The van der Waals surface area contributed by atoms with Crippen LogP contribution in [0.4, 0.5) is 0 Å². The molecule has 0 saturated heterocycles. The van der Waals surface area contributed by atoms with Crippen molar-refractivity contribution in [2.75, 3.05) is 20.1 Å². The molecule has 23 heavy (non-hydrogen) atoms. The number of nitrogens with one attached hydrogen (secondary N) is 2. The van der Waals surface area contributed by atoms with Gasteiger partial charge >= 0.3 is 0 Å². The molecule has 0 fully saturated rings. The first-order chi connectivity index (χ1) is 11.1. The molecule has 0 aromatic heterocycles. The highest BCUT2D eigenvalue weighted by molar-refractivity contribution is 8.00. The molecule has 2 rings (SSSR count). The van der Waals surface area contributed by atoms with Gasteiger partial charge in [0.25, 0.3) is 0 Å². The minimum atomic E-state index is -0.241. The van der Waals surface area contributed by atoms with Gasteiger partial charge in [0.2, 0.25) is 5.91 Å². The summed E-state index contributed by atoms with van der Waals surface area (Å²) in [6.07, 6.45) is 0. The molecule has 2 aromatic rings. The summed E-state index contributed by atoms with van der Waals surface area (Å²) in [7, 11) is 1.88. The molecular formula is C19H24N2OS. The third-order valence-corrected chi connectivity index (χ3v) is 5.02. The Morgan fingerprint density at radius 3 is 2.48 bits per heavy atom. The van der Waals surface area contributed by atoms with E-state index in [9.17, 15) is 4.79 Å². The molecule has 0 spiro atoms. The number of carbonyl (C=O) groups excluding carboxylic acids is 1. The summed E-state index contributed by atoms with van der Waals surface area (Å²) in [4.78, 5) is 13.8. The van der Waals surface area contributed by atoms with Crippen molar-refractivity contribution in [1.29, 1.82) is 0 Å². The van der Waals surface area contributed by atoms with E-state index in [1.807, 2.05) is 37.4 Å². The number of benzene rings is 2. The summed E-state index contributed by atoms with van der Waals surface area (Å²) in [6, 6.07) is 16.3. The predicted molar refractivity (Wildman–Crippen MR) is 97.9 cm³/mol. The molecule has 0 aliphatic carbocycles. The third-order valence-electron chi connectivity index (χ3n) is 3.59. The van der Waals surface area contributed by atoms with Crippen LogP contribution in [0.15, 0.2) is 53.4 Å². The number of rotatable bonds is 7. The molecule has 0 heterocycles. The zero-order valence-electron chi connectivity index (χ0n) is 13.9. The fraction of sp³-hybridized carbons (Fsp3) is 0.316. The number of thioether (sulfide) groups is 1. The summed E-state index contributed by atoms with van der Waals surface area (Å²) < 4.78 is 0. The quantitative estimate of drug-likeness (QED) is 0.604. The molecule has 0 radical (unpaired) electrons. The van der Waals surface area contributed by atoms with Crippen molar-refractivity contribution in [3.63, 3.8) is 0 Å². The average Bonchev–Trinajstić information content (AvgIpc) is 2.55. The van der Waals surface area contributed by atoms with Crippen LogP contribution in [-0.4, -0.2) is 26.0 Å². The second-order valence-corrected chi connectivity index (χ2v) is 6.72. The Hall–Kier alpha value is -1.78. The van der Waals surface area contributed by atoms with Gasteiger partial charge < -0.3 is 10.6 Å². The van der Waals surface area contributed by atoms with E-state index in [-0.39, 0.29) is 11.2 Å². The van der Waals surface area contributed by atoms with E-state index in [2.05, 4.69) is 42.7 Å². The molecule has 122 valence electrons. The Morgan fingerprint density at radius 1 is 1.09 bits per heavy atom. The second-order valence-electron chi connectivity index (χ2n) is 5.57. The Bertz CT molecular complexity index is 643. The monoisotopic (exact) mass is 328 g/mol. The van der Waals surface area contributed by atoms with Gasteiger partial charge in [-0.1, -0.05) is 48.0 Å². The summed E-state index contributed by atoms with van der Waals surface area (Å²) in [6.45, 7) is 5.57. The zero-order valence-corrected chi connectivity index (χ0v) is 14.7. The molecule has 2 aromatic carbocycles. The van der Waals surface area contributed by atoms with Gasteiger partial charge in [-0.25, -0.2) is 0 Å². The summed E-state index contributed by atoms with van der Waals surface area (Å²) >= 11 is 1.61. The van der Waals surface area contributed by atoms with E-state index in [1.54, 1.807) is 11.8 Å². The van der Waals surface area contributed by atoms with Crippen molar-refractivity contribution in [2.45, 2.75) is 24.0 Å². The topological polar surface area (TPSA) is 41.1 Å². The van der Waals surface area contributed by atoms with E-state index >= 15 is 0 Å². The first-order valence-corrected chi connectivity index (χ1v) is 8.71. The molecule has 1 unspecified atom stereocenters. The van der Waals surface area contributed by atoms with Crippen molar-refractivity contribution in [3.05, 3.63) is 65.2 Å². The van der Waals surface area contributed by atoms with Crippen LogP contribution in [0.1, 0.15) is 21.9 Å². The lowest BCUT2D eigenvalue weighted by Crippen LogP contribution is -2.33. The molecule has 1 atom stereocenters. The minimum Gasteiger partial charge on any atom is -0.354 e. The van der Waals surface area contributed by atoms with Gasteiger partial charge in [-0.3, -0.25) is 4.79 Å². The Morgan fingerprint density at radius 2 is 1.83 bits per heavy atom. The van der Waals surface area contributed by atoms with Gasteiger partial charge in [0, 0.05) is 18.0 Å². The maximum absolute atomic E-state index is 12.6. The van der Waals surface area contributed by atoms with Gasteiger partial charge in [-0.15, -0.1) is 11.8 Å². The molecule has 0 aliphatic rings. The highest BCUT2D eigenvalue weighted by Crippen LogP contribution is 2.37. The number of amides is 1. The maximum Gasteiger partial charge on any atom is 0.238 e. The summed E-state index contributed by atoms with van der Waals surface area (Å²) in [5, 5.41) is 5.82. The van der Waals surface area contributed by atoms with Crippen molar-refractivity contribution < 1.29 is 4.79 Å². The maximum atomic E-state index is 12.6. The number of likely N-dealkylation sites (N-methyl/N-ethyl adjacent to an activating group) is 1. The SMILES string of the molecule is CNCCNC(=O)C(Sc1ccc(C)cc1C)c1ccccc1. The lowest BCUT2D eigenvalue weighted by Gasteiger charge is -2.18. The Kier molecular flexibility index (Phi) is 6.68. The largest absolute Gasteiger partial charge is 0.354 e. The van der Waals surface area contributed by atoms with Crippen molar-refractivity contribution >= 4 is 17.7 Å². The highest BCUT2D eigenvalue weighted by Gasteiger charge is 2.22. The molecule has 4 heteroatoms. The van der Waals surface area contributed by atoms with Crippen LogP contribution in [0.3, 0.4) is 0 Å². The first kappa shape index (κ1) is 17.6. The van der Waals surface area contributed by atoms with Crippen LogP contribution in [0.5, 0.6) is 0 Å². The van der Waals surface area contributed by atoms with Gasteiger partial charge in [-0.2, -0.15) is 0 Å². The normalized spacial score (nSPS) is 12.0. The Balaban J connectivity index is 2.21. The average molecular weight is 328 g/mol. The lowest BCUT2D eigenvalue weighted by molar-refractivity contribution is -0.120. The van der Waals surface area contributed by atoms with Crippen molar-refractivity contribution in [3.8, 4) is 0 Å². The van der Waals surface area contributed by atoms with Gasteiger partial charge in [-0.05, 0) is 38.1 Å². The van der Waals surface area contributed by atoms with Gasteiger partial charge in [0.15, 0.2) is 0 Å². The molecule has 0 saturated carbocycles. The first-order valence-electron chi connectivity index (χ1n) is 7.83. The van der Waals surface area contributed by atoms with Crippen LogP contribution in [0.2, 0.25) is 0 Å². The van der Waals surface area contributed by atoms with Gasteiger partial charge in [0.1, 0.15) is 5.25 Å². The van der Waals surface area contributed by atoms with Crippen molar-refractivity contribution in [1.82, 2.24) is 10.6 Å². The zero-order chi connectivity index (χ0) is 16.7. The standard InChI is InChI=1S/C19H24N2OS/c1-14-9-10-17(15(2)13-14)23-18(16-7-5-4-6-8-16)19(22)21-12-11-20-3/h4-10,13,18,20H,11-12H2,1-3H3,(H,21,22). The second kappa shape index (κ2) is 8.75. The molecular weight excluding hydrogens is 304 g/mol. The van der Waals surface area contributed by atoms with E-state index in [0.717, 1.165) is 17.0 Å². The number of hydrogen-bond acceptors (Lipinski definition) is 3. The number of aryl methyl sites for hydroxylation is 2. The van der Waals surface area contributed by atoms with E-state index in [4.69, 9.17) is 0 Å².